The molecule has 2 heterocycles. The molecule has 2 rings (SSSR count). The standard InChI is InChI=1S/C15H23N3OS/c1-4-15(19,5-2)11-16-9-12-10-18(3)17-14(12)13-7-6-8-20-13/h6-8,10,16,19H,4-5,9,11H2,1-3H3. The van der Waals surface area contributed by atoms with Gasteiger partial charge >= 0.3 is 0 Å². The maximum Gasteiger partial charge on any atom is 0.107 e. The normalized spacial score (nSPS) is 12.0. The van der Waals surface area contributed by atoms with Gasteiger partial charge in [0.25, 0.3) is 0 Å². The highest BCUT2D eigenvalue weighted by Crippen LogP contribution is 2.26. The number of nitrogens with one attached hydrogen (secondary N) is 1. The molecule has 0 saturated heterocycles. The van der Waals surface area contributed by atoms with Gasteiger partial charge in [-0.05, 0) is 24.3 Å². The molecule has 0 fully saturated rings. The maximum atomic E-state index is 10.3. The van der Waals surface area contributed by atoms with Crippen LogP contribution in [-0.4, -0.2) is 27.0 Å². The van der Waals surface area contributed by atoms with Crippen LogP contribution in [0.25, 0.3) is 10.6 Å². The van der Waals surface area contributed by atoms with Crippen LogP contribution in [0.2, 0.25) is 0 Å². The van der Waals surface area contributed by atoms with E-state index in [0.29, 0.717) is 6.54 Å². The lowest BCUT2D eigenvalue weighted by Crippen LogP contribution is -2.39. The van der Waals surface area contributed by atoms with Crippen LogP contribution in [0.5, 0.6) is 0 Å². The van der Waals surface area contributed by atoms with E-state index in [9.17, 15) is 5.11 Å². The van der Waals surface area contributed by atoms with Crippen LogP contribution in [0.4, 0.5) is 0 Å². The summed E-state index contributed by atoms with van der Waals surface area (Å²) in [5.41, 5.74) is 1.60. The highest BCUT2D eigenvalue weighted by atomic mass is 32.1. The summed E-state index contributed by atoms with van der Waals surface area (Å²) < 4.78 is 1.85. The van der Waals surface area contributed by atoms with Crippen molar-refractivity contribution < 1.29 is 5.11 Å². The molecule has 0 spiro atoms. The van der Waals surface area contributed by atoms with Crippen molar-refractivity contribution in [2.75, 3.05) is 6.54 Å². The van der Waals surface area contributed by atoms with Gasteiger partial charge in [-0.1, -0.05) is 19.9 Å². The van der Waals surface area contributed by atoms with Gasteiger partial charge in [0.1, 0.15) is 5.69 Å². The quantitative estimate of drug-likeness (QED) is 0.825. The molecule has 0 amide bonds. The summed E-state index contributed by atoms with van der Waals surface area (Å²) in [7, 11) is 1.94. The molecule has 0 aliphatic heterocycles. The molecular weight excluding hydrogens is 270 g/mol. The fourth-order valence-corrected chi connectivity index (χ4v) is 2.96. The molecule has 5 heteroatoms. The van der Waals surface area contributed by atoms with Crippen molar-refractivity contribution in [3.8, 4) is 10.6 Å². The molecule has 20 heavy (non-hydrogen) atoms. The van der Waals surface area contributed by atoms with E-state index >= 15 is 0 Å². The van der Waals surface area contributed by atoms with Crippen LogP contribution < -0.4 is 5.32 Å². The first-order valence-corrected chi connectivity index (χ1v) is 7.95. The van der Waals surface area contributed by atoms with Crippen LogP contribution in [0.1, 0.15) is 32.3 Å². The van der Waals surface area contributed by atoms with Gasteiger partial charge < -0.3 is 10.4 Å². The summed E-state index contributed by atoms with van der Waals surface area (Å²) in [6.07, 6.45) is 3.57. The van der Waals surface area contributed by atoms with E-state index in [-0.39, 0.29) is 0 Å². The molecule has 0 aromatic carbocycles. The highest BCUT2D eigenvalue weighted by molar-refractivity contribution is 7.13. The van der Waals surface area contributed by atoms with Crippen molar-refractivity contribution in [2.24, 2.45) is 7.05 Å². The Bertz CT molecular complexity index is 529. The minimum atomic E-state index is -0.606. The summed E-state index contributed by atoms with van der Waals surface area (Å²) in [6.45, 7) is 5.38. The first kappa shape index (κ1) is 15.2. The Morgan fingerprint density at radius 1 is 1.40 bits per heavy atom. The average molecular weight is 293 g/mol. The largest absolute Gasteiger partial charge is 0.389 e. The van der Waals surface area contributed by atoms with Gasteiger partial charge in [0.15, 0.2) is 0 Å². The van der Waals surface area contributed by atoms with Crippen LogP contribution in [-0.2, 0) is 13.6 Å². The average Bonchev–Trinajstić information content (AvgIpc) is 3.08. The molecule has 0 aliphatic carbocycles. The fraction of sp³-hybridized carbons (Fsp3) is 0.533. The lowest BCUT2D eigenvalue weighted by molar-refractivity contribution is 0.0323. The van der Waals surface area contributed by atoms with E-state index in [1.165, 1.54) is 10.4 Å². The van der Waals surface area contributed by atoms with Crippen molar-refractivity contribution in [1.29, 1.82) is 0 Å². The van der Waals surface area contributed by atoms with Gasteiger partial charge in [-0.2, -0.15) is 5.10 Å². The molecule has 0 radical (unpaired) electrons. The van der Waals surface area contributed by atoms with Gasteiger partial charge in [-0.15, -0.1) is 11.3 Å². The monoisotopic (exact) mass is 293 g/mol. The Morgan fingerprint density at radius 2 is 2.15 bits per heavy atom. The molecule has 0 atom stereocenters. The molecule has 4 nitrogen and oxygen atoms in total. The number of hydrogen-bond acceptors (Lipinski definition) is 4. The number of aliphatic hydroxyl groups is 1. The SMILES string of the molecule is CCC(O)(CC)CNCc1cn(C)nc1-c1cccs1. The van der Waals surface area contributed by atoms with Gasteiger partial charge in [-0.25, -0.2) is 0 Å². The van der Waals surface area contributed by atoms with Crippen LogP contribution in [0.3, 0.4) is 0 Å². The van der Waals surface area contributed by atoms with Gasteiger partial charge in [0, 0.05) is 31.9 Å². The summed E-state index contributed by atoms with van der Waals surface area (Å²) >= 11 is 1.70. The van der Waals surface area contributed by atoms with Crippen LogP contribution >= 0.6 is 11.3 Å². The van der Waals surface area contributed by atoms with Crippen molar-refractivity contribution in [3.05, 3.63) is 29.3 Å². The van der Waals surface area contributed by atoms with Crippen molar-refractivity contribution in [1.82, 2.24) is 15.1 Å². The van der Waals surface area contributed by atoms with Gasteiger partial charge in [0.2, 0.25) is 0 Å². The summed E-state index contributed by atoms with van der Waals surface area (Å²) in [5.74, 6) is 0. The predicted octanol–water partition coefficient (Wildman–Crippen LogP) is 2.79. The minimum absolute atomic E-state index is 0.606. The molecule has 2 aromatic rings. The van der Waals surface area contributed by atoms with Crippen LogP contribution in [0, 0.1) is 0 Å². The smallest absolute Gasteiger partial charge is 0.107 e. The highest BCUT2D eigenvalue weighted by Gasteiger charge is 2.21. The zero-order valence-electron chi connectivity index (χ0n) is 12.4. The first-order chi connectivity index (χ1) is 9.58. The number of hydrogen-bond donors (Lipinski definition) is 2. The number of thiophene rings is 1. The van der Waals surface area contributed by atoms with Gasteiger partial charge in [0.05, 0.1) is 10.5 Å². The van der Waals surface area contributed by atoms with Crippen molar-refractivity contribution >= 4 is 11.3 Å². The van der Waals surface area contributed by atoms with E-state index < -0.39 is 5.60 Å². The molecule has 0 aliphatic rings. The maximum absolute atomic E-state index is 10.3. The molecule has 0 unspecified atom stereocenters. The van der Waals surface area contributed by atoms with E-state index in [0.717, 1.165) is 25.1 Å². The zero-order valence-corrected chi connectivity index (χ0v) is 13.2. The summed E-state index contributed by atoms with van der Waals surface area (Å²) in [5, 5.41) is 20.2. The second kappa shape index (κ2) is 6.52. The Labute approximate surface area is 124 Å². The Balaban J connectivity index is 2.04. The van der Waals surface area contributed by atoms with Crippen molar-refractivity contribution in [3.63, 3.8) is 0 Å². The molecule has 2 aromatic heterocycles. The van der Waals surface area contributed by atoms with E-state index in [1.807, 2.05) is 37.8 Å². The molecule has 110 valence electrons. The predicted molar refractivity (Wildman–Crippen MR) is 83.8 cm³/mol. The first-order valence-electron chi connectivity index (χ1n) is 7.07. The number of aryl methyl sites for hydroxylation is 1. The summed E-state index contributed by atoms with van der Waals surface area (Å²) in [6, 6.07) is 4.13. The molecule has 0 bridgehead atoms. The zero-order chi connectivity index (χ0) is 14.6. The molecular formula is C15H23N3OS. The van der Waals surface area contributed by atoms with E-state index in [4.69, 9.17) is 0 Å². The Kier molecular flexibility index (Phi) is 4.96. The number of rotatable bonds is 7. The second-order valence-corrected chi connectivity index (χ2v) is 6.14. The minimum Gasteiger partial charge on any atom is -0.389 e. The number of aromatic nitrogens is 2. The van der Waals surface area contributed by atoms with Crippen molar-refractivity contribution in [2.45, 2.75) is 38.8 Å². The number of nitrogens with zero attached hydrogens (tertiary/aromatic N) is 2. The van der Waals surface area contributed by atoms with E-state index in [2.05, 4.69) is 21.9 Å². The molecule has 2 N–H and O–H groups in total. The lowest BCUT2D eigenvalue weighted by atomic mass is 9.97. The third kappa shape index (κ3) is 3.48. The van der Waals surface area contributed by atoms with Crippen LogP contribution in [0.15, 0.2) is 23.7 Å². The molecule has 0 saturated carbocycles. The Hall–Kier alpha value is -1.17. The summed E-state index contributed by atoms with van der Waals surface area (Å²) in [4.78, 5) is 1.18. The topological polar surface area (TPSA) is 50.1 Å². The third-order valence-corrected chi connectivity index (χ3v) is 4.62. The van der Waals surface area contributed by atoms with E-state index in [1.54, 1.807) is 11.3 Å². The van der Waals surface area contributed by atoms with Gasteiger partial charge in [-0.3, -0.25) is 4.68 Å². The second-order valence-electron chi connectivity index (χ2n) is 5.19. The fourth-order valence-electron chi connectivity index (χ4n) is 2.22. The lowest BCUT2D eigenvalue weighted by Gasteiger charge is -2.25. The Morgan fingerprint density at radius 3 is 2.75 bits per heavy atom. The third-order valence-electron chi connectivity index (χ3n) is 3.74.